The molecule has 0 fully saturated rings. The van der Waals surface area contributed by atoms with Crippen LogP contribution in [-0.4, -0.2) is 14.9 Å². The molecule has 0 aliphatic rings. The number of hydrogen-bond acceptors (Lipinski definition) is 6. The number of nitro benzene ring substituents is 1. The molecule has 7 nitrogen and oxygen atoms in total. The van der Waals surface area contributed by atoms with Crippen molar-refractivity contribution in [3.8, 4) is 11.8 Å². The Bertz CT molecular complexity index is 630. The molecule has 1 aromatic carbocycles. The Hall–Kier alpha value is -1.74. The molecule has 0 bridgehead atoms. The fourth-order valence-electron chi connectivity index (χ4n) is 1.28. The Kier molecular flexibility index (Phi) is 3.96. The van der Waals surface area contributed by atoms with Crippen molar-refractivity contribution < 1.29 is 9.66 Å². The van der Waals surface area contributed by atoms with Crippen LogP contribution in [0.5, 0.6) is 11.8 Å². The molecule has 0 amide bonds. The monoisotopic (exact) mass is 388 g/mol. The standard InChI is InChI=1S/C10H6Br2N4O3/c11-7-4-8(13)15-10(14-7)19-6-3-1-2-5(9(6)12)16(17)18/h1-4H,(H2,13,14,15). The summed E-state index contributed by atoms with van der Waals surface area (Å²) in [5.41, 5.74) is 5.44. The molecule has 2 aromatic rings. The van der Waals surface area contributed by atoms with Crippen molar-refractivity contribution in [1.29, 1.82) is 0 Å². The second-order valence-electron chi connectivity index (χ2n) is 3.35. The van der Waals surface area contributed by atoms with Crippen molar-refractivity contribution in [3.05, 3.63) is 43.5 Å². The molecule has 1 aromatic heterocycles. The van der Waals surface area contributed by atoms with Gasteiger partial charge in [-0.1, -0.05) is 6.07 Å². The Morgan fingerprint density at radius 1 is 1.32 bits per heavy atom. The van der Waals surface area contributed by atoms with E-state index in [-0.39, 0.29) is 27.7 Å². The smallest absolute Gasteiger partial charge is 0.325 e. The Labute approximate surface area is 124 Å². The van der Waals surface area contributed by atoms with Gasteiger partial charge in [-0.2, -0.15) is 9.97 Å². The summed E-state index contributed by atoms with van der Waals surface area (Å²) in [7, 11) is 0. The minimum atomic E-state index is -0.521. The lowest BCUT2D eigenvalue weighted by molar-refractivity contribution is -0.385. The summed E-state index contributed by atoms with van der Waals surface area (Å²) in [5, 5.41) is 10.8. The Morgan fingerprint density at radius 2 is 2.05 bits per heavy atom. The highest BCUT2D eigenvalue weighted by Crippen LogP contribution is 2.35. The zero-order valence-corrected chi connectivity index (χ0v) is 12.4. The summed E-state index contributed by atoms with van der Waals surface area (Å²) in [5.74, 6) is 0.449. The predicted octanol–water partition coefficient (Wildman–Crippen LogP) is 3.28. The van der Waals surface area contributed by atoms with Gasteiger partial charge in [0.05, 0.1) is 4.92 Å². The average molecular weight is 390 g/mol. The first kappa shape index (κ1) is 13.7. The van der Waals surface area contributed by atoms with Gasteiger partial charge in [0.2, 0.25) is 0 Å². The zero-order valence-electron chi connectivity index (χ0n) is 9.21. The van der Waals surface area contributed by atoms with E-state index in [1.165, 1.54) is 18.2 Å². The van der Waals surface area contributed by atoms with E-state index in [0.29, 0.717) is 4.60 Å². The average Bonchev–Trinajstić information content (AvgIpc) is 2.30. The molecule has 19 heavy (non-hydrogen) atoms. The number of nitrogens with two attached hydrogens (primary N) is 1. The molecule has 98 valence electrons. The van der Waals surface area contributed by atoms with Gasteiger partial charge in [0.15, 0.2) is 5.75 Å². The predicted molar refractivity (Wildman–Crippen MR) is 75.0 cm³/mol. The summed E-state index contributed by atoms with van der Waals surface area (Å²) in [6.45, 7) is 0. The minimum Gasteiger partial charge on any atom is -0.423 e. The van der Waals surface area contributed by atoms with Gasteiger partial charge < -0.3 is 10.5 Å². The van der Waals surface area contributed by atoms with Gasteiger partial charge in [-0.3, -0.25) is 10.1 Å². The fraction of sp³-hybridized carbons (Fsp3) is 0. The van der Waals surface area contributed by atoms with Crippen LogP contribution in [0, 0.1) is 10.1 Å². The quantitative estimate of drug-likeness (QED) is 0.490. The van der Waals surface area contributed by atoms with Crippen LogP contribution in [0.2, 0.25) is 0 Å². The van der Waals surface area contributed by atoms with Gasteiger partial charge in [-0.25, -0.2) is 0 Å². The number of nitrogens with zero attached hydrogens (tertiary/aromatic N) is 3. The van der Waals surface area contributed by atoms with E-state index in [9.17, 15) is 10.1 Å². The van der Waals surface area contributed by atoms with Crippen molar-refractivity contribution in [2.75, 3.05) is 5.73 Å². The highest BCUT2D eigenvalue weighted by atomic mass is 79.9. The second-order valence-corrected chi connectivity index (χ2v) is 4.95. The lowest BCUT2D eigenvalue weighted by Gasteiger charge is -2.06. The zero-order chi connectivity index (χ0) is 14.0. The van der Waals surface area contributed by atoms with Crippen LogP contribution in [0.3, 0.4) is 0 Å². The first-order valence-electron chi connectivity index (χ1n) is 4.88. The van der Waals surface area contributed by atoms with E-state index < -0.39 is 4.92 Å². The molecule has 0 spiro atoms. The third kappa shape index (κ3) is 3.18. The van der Waals surface area contributed by atoms with Crippen LogP contribution in [0.1, 0.15) is 0 Å². The molecular formula is C10H6Br2N4O3. The summed E-state index contributed by atoms with van der Waals surface area (Å²) in [6.07, 6.45) is 0. The first-order chi connectivity index (χ1) is 8.97. The van der Waals surface area contributed by atoms with Crippen LogP contribution >= 0.6 is 31.9 Å². The van der Waals surface area contributed by atoms with Gasteiger partial charge >= 0.3 is 6.01 Å². The maximum atomic E-state index is 10.8. The van der Waals surface area contributed by atoms with Crippen molar-refractivity contribution >= 4 is 43.4 Å². The third-order valence-electron chi connectivity index (χ3n) is 2.04. The van der Waals surface area contributed by atoms with E-state index in [4.69, 9.17) is 10.5 Å². The molecule has 2 rings (SSSR count). The van der Waals surface area contributed by atoms with E-state index in [2.05, 4.69) is 41.8 Å². The van der Waals surface area contributed by atoms with E-state index in [1.54, 1.807) is 6.07 Å². The number of nitrogen functional groups attached to an aromatic ring is 1. The van der Waals surface area contributed by atoms with Gasteiger partial charge in [0, 0.05) is 12.1 Å². The normalized spacial score (nSPS) is 10.2. The molecule has 0 unspecified atom stereocenters. The van der Waals surface area contributed by atoms with Crippen LogP contribution < -0.4 is 10.5 Å². The van der Waals surface area contributed by atoms with Gasteiger partial charge in [0.25, 0.3) is 5.69 Å². The van der Waals surface area contributed by atoms with Crippen LogP contribution in [0.4, 0.5) is 11.5 Å². The topological polar surface area (TPSA) is 104 Å². The molecule has 9 heteroatoms. The highest BCUT2D eigenvalue weighted by Gasteiger charge is 2.17. The van der Waals surface area contributed by atoms with Crippen molar-refractivity contribution in [2.24, 2.45) is 0 Å². The van der Waals surface area contributed by atoms with Crippen LogP contribution in [0.15, 0.2) is 33.3 Å². The second kappa shape index (κ2) is 5.49. The van der Waals surface area contributed by atoms with Crippen LogP contribution in [0.25, 0.3) is 0 Å². The largest absolute Gasteiger partial charge is 0.423 e. The summed E-state index contributed by atoms with van der Waals surface area (Å²) in [4.78, 5) is 18.1. The number of rotatable bonds is 3. The van der Waals surface area contributed by atoms with Crippen molar-refractivity contribution in [2.45, 2.75) is 0 Å². The van der Waals surface area contributed by atoms with Crippen molar-refractivity contribution in [1.82, 2.24) is 9.97 Å². The van der Waals surface area contributed by atoms with Gasteiger partial charge in [0.1, 0.15) is 14.9 Å². The van der Waals surface area contributed by atoms with Gasteiger partial charge in [-0.15, -0.1) is 0 Å². The molecular weight excluding hydrogens is 384 g/mol. The lowest BCUT2D eigenvalue weighted by atomic mass is 10.3. The summed E-state index contributed by atoms with van der Waals surface area (Å²) < 4.78 is 6.04. The number of nitro groups is 1. The van der Waals surface area contributed by atoms with E-state index in [1.807, 2.05) is 0 Å². The Balaban J connectivity index is 2.38. The third-order valence-corrected chi connectivity index (χ3v) is 3.24. The number of hydrogen-bond donors (Lipinski definition) is 1. The molecule has 0 aliphatic carbocycles. The molecule has 0 atom stereocenters. The SMILES string of the molecule is Nc1cc(Br)nc(Oc2cccc([N+](=O)[O-])c2Br)n1. The number of anilines is 1. The molecule has 2 N–H and O–H groups in total. The summed E-state index contributed by atoms with van der Waals surface area (Å²) in [6, 6.07) is 5.91. The van der Waals surface area contributed by atoms with E-state index >= 15 is 0 Å². The number of aromatic nitrogens is 2. The molecule has 0 saturated carbocycles. The van der Waals surface area contributed by atoms with Gasteiger partial charge in [-0.05, 0) is 37.9 Å². The van der Waals surface area contributed by atoms with E-state index in [0.717, 1.165) is 0 Å². The number of benzene rings is 1. The minimum absolute atomic E-state index is 0.00641. The fourth-order valence-corrected chi connectivity index (χ4v) is 2.15. The van der Waals surface area contributed by atoms with Crippen molar-refractivity contribution in [3.63, 3.8) is 0 Å². The molecule has 0 saturated heterocycles. The summed E-state index contributed by atoms with van der Waals surface area (Å²) >= 11 is 6.26. The maximum Gasteiger partial charge on any atom is 0.325 e. The number of halogens is 2. The highest BCUT2D eigenvalue weighted by molar-refractivity contribution is 9.10. The first-order valence-corrected chi connectivity index (χ1v) is 6.47. The molecule has 0 radical (unpaired) electrons. The lowest BCUT2D eigenvalue weighted by Crippen LogP contribution is -1.98. The van der Waals surface area contributed by atoms with Crippen LogP contribution in [-0.2, 0) is 0 Å². The number of ether oxygens (including phenoxy) is 1. The molecule has 0 aliphatic heterocycles. The molecule has 1 heterocycles. The maximum absolute atomic E-state index is 10.8. The Morgan fingerprint density at radius 3 is 2.68 bits per heavy atom.